The third kappa shape index (κ3) is 5.20. The summed E-state index contributed by atoms with van der Waals surface area (Å²) in [5, 5.41) is 0.720. The molecule has 1 aliphatic rings. The van der Waals surface area contributed by atoms with E-state index >= 15 is 0 Å². The molecule has 0 spiro atoms. The zero-order chi connectivity index (χ0) is 21.6. The number of morpholine rings is 1. The maximum Gasteiger partial charge on any atom is 0.261 e. The van der Waals surface area contributed by atoms with E-state index in [-0.39, 0.29) is 5.91 Å². The number of hydrogen-bond acceptors (Lipinski definition) is 7. The molecule has 1 aliphatic heterocycles. The molecule has 2 aromatic carbocycles. The third-order valence-electron chi connectivity index (χ3n) is 5.22. The molecule has 1 saturated heterocycles. The number of thioether (sulfide) groups is 1. The average molecular weight is 458 g/mol. The van der Waals surface area contributed by atoms with Crippen LogP contribution in [0.1, 0.15) is 17.3 Å². The molecule has 0 atom stereocenters. The van der Waals surface area contributed by atoms with Crippen LogP contribution in [0.25, 0.3) is 10.2 Å². The standard InChI is InChI=1S/C23H27N3O3S2/c1-3-29-17-8-9-19-21(16-17)31-23(24-19)26(11-10-25-12-14-28-15-13-25)22(27)18-6-4-5-7-20(18)30-2/h4-9,16H,3,10-15H2,1-2H3. The summed E-state index contributed by atoms with van der Waals surface area (Å²) in [5.41, 5.74) is 1.59. The van der Waals surface area contributed by atoms with E-state index in [1.54, 1.807) is 11.8 Å². The molecule has 0 saturated carbocycles. The quantitative estimate of drug-likeness (QED) is 0.468. The van der Waals surface area contributed by atoms with Crippen molar-refractivity contribution >= 4 is 44.4 Å². The van der Waals surface area contributed by atoms with Crippen LogP contribution in [-0.2, 0) is 4.74 Å². The van der Waals surface area contributed by atoms with E-state index in [0.717, 1.165) is 58.8 Å². The highest BCUT2D eigenvalue weighted by molar-refractivity contribution is 7.98. The van der Waals surface area contributed by atoms with Crippen LogP contribution in [0.5, 0.6) is 5.75 Å². The first-order chi connectivity index (χ1) is 15.2. The molecule has 0 aliphatic carbocycles. The van der Waals surface area contributed by atoms with Crippen molar-refractivity contribution in [3.05, 3.63) is 48.0 Å². The Balaban J connectivity index is 1.65. The second-order valence-electron chi connectivity index (χ2n) is 7.17. The van der Waals surface area contributed by atoms with Crippen LogP contribution in [0.2, 0.25) is 0 Å². The van der Waals surface area contributed by atoms with Gasteiger partial charge in [-0.3, -0.25) is 14.6 Å². The van der Waals surface area contributed by atoms with Gasteiger partial charge in [0.2, 0.25) is 0 Å². The summed E-state index contributed by atoms with van der Waals surface area (Å²) < 4.78 is 12.1. The van der Waals surface area contributed by atoms with E-state index < -0.39 is 0 Å². The van der Waals surface area contributed by atoms with Gasteiger partial charge < -0.3 is 9.47 Å². The van der Waals surface area contributed by atoms with Gasteiger partial charge in [0.25, 0.3) is 5.91 Å². The van der Waals surface area contributed by atoms with Gasteiger partial charge in [-0.05, 0) is 43.5 Å². The van der Waals surface area contributed by atoms with Crippen LogP contribution in [0.4, 0.5) is 5.13 Å². The number of nitrogens with zero attached hydrogens (tertiary/aromatic N) is 3. The SMILES string of the molecule is CCOc1ccc2nc(N(CCN3CCOCC3)C(=O)c3ccccc3SC)sc2c1. The Bertz CT molecular complexity index is 1030. The van der Waals surface area contributed by atoms with Gasteiger partial charge in [0.15, 0.2) is 5.13 Å². The lowest BCUT2D eigenvalue weighted by atomic mass is 10.2. The van der Waals surface area contributed by atoms with Crippen molar-refractivity contribution < 1.29 is 14.3 Å². The van der Waals surface area contributed by atoms with E-state index in [2.05, 4.69) is 4.90 Å². The normalized spacial score (nSPS) is 14.6. The lowest BCUT2D eigenvalue weighted by molar-refractivity contribution is 0.0391. The van der Waals surface area contributed by atoms with Crippen molar-refractivity contribution in [1.29, 1.82) is 0 Å². The molecule has 3 aromatic rings. The summed E-state index contributed by atoms with van der Waals surface area (Å²) in [5.74, 6) is 0.811. The number of benzene rings is 2. The molecule has 0 radical (unpaired) electrons. The first-order valence-corrected chi connectivity index (χ1v) is 12.5. The van der Waals surface area contributed by atoms with E-state index in [1.807, 2.05) is 60.5 Å². The summed E-state index contributed by atoms with van der Waals surface area (Å²) in [4.78, 5) is 23.6. The number of carbonyl (C=O) groups is 1. The highest BCUT2D eigenvalue weighted by Crippen LogP contribution is 2.33. The molecule has 164 valence electrons. The van der Waals surface area contributed by atoms with Gasteiger partial charge in [0.1, 0.15) is 5.75 Å². The predicted octanol–water partition coefficient (Wildman–Crippen LogP) is 4.40. The summed E-state index contributed by atoms with van der Waals surface area (Å²) in [6.07, 6.45) is 2.00. The second kappa shape index (κ2) is 10.5. The highest BCUT2D eigenvalue weighted by Gasteiger charge is 2.24. The maximum atomic E-state index is 13.7. The number of aromatic nitrogens is 1. The number of thiazole rings is 1. The Morgan fingerprint density at radius 1 is 1.26 bits per heavy atom. The lowest BCUT2D eigenvalue weighted by Gasteiger charge is -2.29. The molecule has 8 heteroatoms. The van der Waals surface area contributed by atoms with Gasteiger partial charge in [-0.25, -0.2) is 4.98 Å². The number of amides is 1. The second-order valence-corrected chi connectivity index (χ2v) is 9.03. The monoisotopic (exact) mass is 457 g/mol. The smallest absolute Gasteiger partial charge is 0.261 e. The molecule has 2 heterocycles. The molecule has 1 amide bonds. The first kappa shape index (κ1) is 22.1. The summed E-state index contributed by atoms with van der Waals surface area (Å²) in [7, 11) is 0. The molecule has 0 unspecified atom stereocenters. The molecule has 6 nitrogen and oxygen atoms in total. The highest BCUT2D eigenvalue weighted by atomic mass is 32.2. The van der Waals surface area contributed by atoms with Crippen molar-refractivity contribution in [2.75, 3.05) is 57.2 Å². The predicted molar refractivity (Wildman–Crippen MR) is 128 cm³/mol. The summed E-state index contributed by atoms with van der Waals surface area (Å²) in [6, 6.07) is 13.7. The van der Waals surface area contributed by atoms with Gasteiger partial charge in [0.05, 0.1) is 35.6 Å². The molecule has 1 aromatic heterocycles. The average Bonchev–Trinajstić information content (AvgIpc) is 3.23. The van der Waals surface area contributed by atoms with Crippen LogP contribution in [-0.4, -0.2) is 68.0 Å². The maximum absolute atomic E-state index is 13.7. The fraction of sp³-hybridized carbons (Fsp3) is 0.391. The third-order valence-corrected chi connectivity index (χ3v) is 7.05. The zero-order valence-electron chi connectivity index (χ0n) is 17.9. The van der Waals surface area contributed by atoms with Gasteiger partial charge in [-0.2, -0.15) is 0 Å². The van der Waals surface area contributed by atoms with Gasteiger partial charge in [0, 0.05) is 31.1 Å². The van der Waals surface area contributed by atoms with E-state index in [1.165, 1.54) is 11.3 Å². The number of carbonyl (C=O) groups excluding carboxylic acids is 1. The van der Waals surface area contributed by atoms with Crippen LogP contribution < -0.4 is 9.64 Å². The Labute approximate surface area is 191 Å². The number of ether oxygens (including phenoxy) is 2. The Hall–Kier alpha value is -2.13. The molecule has 4 rings (SSSR count). The van der Waals surface area contributed by atoms with Crippen molar-refractivity contribution in [3.63, 3.8) is 0 Å². The van der Waals surface area contributed by atoms with Crippen LogP contribution >= 0.6 is 23.1 Å². The minimum Gasteiger partial charge on any atom is -0.494 e. The number of rotatable bonds is 8. The van der Waals surface area contributed by atoms with Crippen molar-refractivity contribution in [2.45, 2.75) is 11.8 Å². The van der Waals surface area contributed by atoms with Gasteiger partial charge in [-0.1, -0.05) is 23.5 Å². The van der Waals surface area contributed by atoms with Crippen LogP contribution in [0, 0.1) is 0 Å². The topological polar surface area (TPSA) is 54.9 Å². The minimum absolute atomic E-state index is 0.0118. The Morgan fingerprint density at radius 3 is 2.84 bits per heavy atom. The lowest BCUT2D eigenvalue weighted by Crippen LogP contribution is -2.43. The van der Waals surface area contributed by atoms with Crippen molar-refractivity contribution in [1.82, 2.24) is 9.88 Å². The molecule has 31 heavy (non-hydrogen) atoms. The Kier molecular flexibility index (Phi) is 7.45. The van der Waals surface area contributed by atoms with E-state index in [9.17, 15) is 4.79 Å². The number of fused-ring (bicyclic) bond motifs is 1. The fourth-order valence-electron chi connectivity index (χ4n) is 3.58. The van der Waals surface area contributed by atoms with Gasteiger partial charge in [-0.15, -0.1) is 11.8 Å². The zero-order valence-corrected chi connectivity index (χ0v) is 19.5. The number of anilines is 1. The fourth-order valence-corrected chi connectivity index (χ4v) is 5.19. The molecule has 0 N–H and O–H groups in total. The Morgan fingerprint density at radius 2 is 2.06 bits per heavy atom. The molecule has 0 bridgehead atoms. The largest absolute Gasteiger partial charge is 0.494 e. The van der Waals surface area contributed by atoms with Crippen LogP contribution in [0.3, 0.4) is 0 Å². The molecular weight excluding hydrogens is 430 g/mol. The summed E-state index contributed by atoms with van der Waals surface area (Å²) >= 11 is 3.12. The van der Waals surface area contributed by atoms with E-state index in [4.69, 9.17) is 14.5 Å². The first-order valence-electron chi connectivity index (χ1n) is 10.5. The summed E-state index contributed by atoms with van der Waals surface area (Å²) in [6.45, 7) is 7.22. The molecule has 1 fully saturated rings. The van der Waals surface area contributed by atoms with Gasteiger partial charge >= 0.3 is 0 Å². The molecular formula is C23H27N3O3S2. The minimum atomic E-state index is -0.0118. The number of hydrogen-bond donors (Lipinski definition) is 0. The van der Waals surface area contributed by atoms with E-state index in [0.29, 0.717) is 18.7 Å². The van der Waals surface area contributed by atoms with Crippen molar-refractivity contribution in [2.24, 2.45) is 0 Å². The van der Waals surface area contributed by atoms with Crippen LogP contribution in [0.15, 0.2) is 47.4 Å². The van der Waals surface area contributed by atoms with Crippen molar-refractivity contribution in [3.8, 4) is 5.75 Å².